The smallest absolute Gasteiger partial charge is 0.341 e. The molecule has 1 aromatic heterocycles. The minimum absolute atomic E-state index is 0.0515. The highest BCUT2D eigenvalue weighted by Gasteiger charge is 2.30. The van der Waals surface area contributed by atoms with E-state index < -0.39 is 11.4 Å². The Morgan fingerprint density at radius 3 is 2.50 bits per heavy atom. The first-order valence-electron chi connectivity index (χ1n) is 10.4. The monoisotopic (exact) mass is 412 g/mol. The van der Waals surface area contributed by atoms with Crippen molar-refractivity contribution in [3.8, 4) is 17.0 Å². The lowest BCUT2D eigenvalue weighted by Gasteiger charge is -2.36. The van der Waals surface area contributed by atoms with Gasteiger partial charge in [-0.2, -0.15) is 0 Å². The number of nitrogens with zero attached hydrogens (tertiary/aromatic N) is 2. The van der Waals surface area contributed by atoms with Crippen LogP contribution in [0.4, 0.5) is 5.69 Å². The van der Waals surface area contributed by atoms with Crippen LogP contribution in [-0.2, 0) is 6.42 Å². The van der Waals surface area contributed by atoms with Crippen LogP contribution in [0.5, 0.6) is 5.75 Å². The van der Waals surface area contributed by atoms with Gasteiger partial charge in [0.1, 0.15) is 11.3 Å². The fraction of sp³-hybridized carbons (Fsp3) is 0.478. The lowest BCUT2D eigenvalue weighted by Crippen LogP contribution is -2.36. The number of anilines is 1. The van der Waals surface area contributed by atoms with Crippen LogP contribution >= 0.6 is 0 Å². The molecular weight excluding hydrogens is 384 g/mol. The van der Waals surface area contributed by atoms with Gasteiger partial charge in [-0.25, -0.2) is 4.79 Å². The Kier molecular flexibility index (Phi) is 5.32. The van der Waals surface area contributed by atoms with Crippen molar-refractivity contribution < 1.29 is 19.7 Å². The maximum atomic E-state index is 12.5. The van der Waals surface area contributed by atoms with Gasteiger partial charge in [-0.1, -0.05) is 13.8 Å². The summed E-state index contributed by atoms with van der Waals surface area (Å²) in [7, 11) is 1.63. The second-order valence-corrected chi connectivity index (χ2v) is 8.56. The molecule has 7 nitrogen and oxygen atoms in total. The van der Waals surface area contributed by atoms with E-state index in [1.165, 1.54) is 12.3 Å². The quantitative estimate of drug-likeness (QED) is 0.802. The van der Waals surface area contributed by atoms with Crippen molar-refractivity contribution in [1.82, 2.24) is 4.57 Å². The third-order valence-electron chi connectivity index (χ3n) is 6.35. The number of pyridine rings is 1. The zero-order valence-electron chi connectivity index (χ0n) is 17.6. The molecule has 2 aromatic rings. The van der Waals surface area contributed by atoms with E-state index in [0.29, 0.717) is 0 Å². The third kappa shape index (κ3) is 3.47. The molecule has 0 spiro atoms. The fourth-order valence-electron chi connectivity index (χ4n) is 4.62. The van der Waals surface area contributed by atoms with Gasteiger partial charge in [-0.3, -0.25) is 4.79 Å². The van der Waals surface area contributed by atoms with Crippen molar-refractivity contribution >= 4 is 11.7 Å². The molecule has 3 heterocycles. The summed E-state index contributed by atoms with van der Waals surface area (Å²) in [6.07, 6.45) is 3.43. The van der Waals surface area contributed by atoms with Gasteiger partial charge in [-0.05, 0) is 42.9 Å². The molecular formula is C23H28N2O5. The van der Waals surface area contributed by atoms with Crippen molar-refractivity contribution in [1.29, 1.82) is 0 Å². The van der Waals surface area contributed by atoms with Crippen LogP contribution in [0.2, 0.25) is 0 Å². The average Bonchev–Trinajstić information content (AvgIpc) is 2.72. The molecule has 0 amide bonds. The van der Waals surface area contributed by atoms with Gasteiger partial charge in [0.25, 0.3) is 0 Å². The number of ether oxygens (including phenoxy) is 1. The van der Waals surface area contributed by atoms with E-state index in [2.05, 4.69) is 24.8 Å². The van der Waals surface area contributed by atoms with Crippen LogP contribution in [0.15, 0.2) is 29.2 Å². The average molecular weight is 412 g/mol. The topological polar surface area (TPSA) is 92.0 Å². The minimum Gasteiger partial charge on any atom is -0.495 e. The first-order valence-corrected chi connectivity index (χ1v) is 10.4. The van der Waals surface area contributed by atoms with Crippen LogP contribution in [0, 0.1) is 5.92 Å². The highest BCUT2D eigenvalue weighted by Crippen LogP contribution is 2.43. The molecule has 0 aliphatic carbocycles. The van der Waals surface area contributed by atoms with Crippen molar-refractivity contribution in [2.75, 3.05) is 25.1 Å². The Balaban J connectivity index is 1.87. The van der Waals surface area contributed by atoms with E-state index in [1.807, 2.05) is 10.6 Å². The van der Waals surface area contributed by atoms with Crippen LogP contribution < -0.4 is 15.1 Å². The number of methoxy groups -OCH3 is 1. The second-order valence-electron chi connectivity index (χ2n) is 8.56. The highest BCUT2D eigenvalue weighted by atomic mass is 16.5. The summed E-state index contributed by atoms with van der Waals surface area (Å²) in [6.45, 7) is 5.74. The summed E-state index contributed by atoms with van der Waals surface area (Å²) in [5.74, 6) is -0.227. The zero-order valence-corrected chi connectivity index (χ0v) is 17.6. The Labute approximate surface area is 175 Å². The number of hydrogen-bond acceptors (Lipinski definition) is 5. The molecule has 30 heavy (non-hydrogen) atoms. The van der Waals surface area contributed by atoms with Crippen LogP contribution in [0.1, 0.15) is 48.7 Å². The van der Waals surface area contributed by atoms with Gasteiger partial charge in [-0.15, -0.1) is 0 Å². The molecule has 0 radical (unpaired) electrons. The van der Waals surface area contributed by atoms with Gasteiger partial charge >= 0.3 is 5.97 Å². The van der Waals surface area contributed by atoms with Gasteiger partial charge in [0.2, 0.25) is 0 Å². The van der Waals surface area contributed by atoms with E-state index in [9.17, 15) is 19.8 Å². The highest BCUT2D eigenvalue weighted by molar-refractivity contribution is 5.88. The maximum Gasteiger partial charge on any atom is 0.341 e. The van der Waals surface area contributed by atoms with Gasteiger partial charge < -0.3 is 24.4 Å². The Hall–Kier alpha value is -2.80. The van der Waals surface area contributed by atoms with E-state index in [1.54, 1.807) is 7.11 Å². The number of aliphatic hydroxyl groups excluding tert-OH is 1. The van der Waals surface area contributed by atoms with Gasteiger partial charge in [0, 0.05) is 37.0 Å². The summed E-state index contributed by atoms with van der Waals surface area (Å²) in [5, 5.41) is 19.3. The van der Waals surface area contributed by atoms with E-state index in [0.717, 1.165) is 60.6 Å². The van der Waals surface area contributed by atoms with E-state index in [-0.39, 0.29) is 23.6 Å². The van der Waals surface area contributed by atoms with E-state index >= 15 is 0 Å². The predicted molar refractivity (Wildman–Crippen MR) is 115 cm³/mol. The molecule has 2 N–H and O–H groups in total. The lowest BCUT2D eigenvalue weighted by atomic mass is 9.86. The van der Waals surface area contributed by atoms with Crippen LogP contribution in [-0.4, -0.2) is 47.1 Å². The summed E-state index contributed by atoms with van der Waals surface area (Å²) < 4.78 is 7.63. The number of aromatic carboxylic acids is 1. The zero-order chi connectivity index (χ0) is 21.6. The minimum atomic E-state index is -1.20. The van der Waals surface area contributed by atoms with Crippen molar-refractivity contribution in [2.45, 2.75) is 45.3 Å². The largest absolute Gasteiger partial charge is 0.495 e. The Morgan fingerprint density at radius 1 is 1.20 bits per heavy atom. The number of benzene rings is 1. The number of piperidine rings is 1. The Morgan fingerprint density at radius 2 is 1.90 bits per heavy atom. The molecule has 1 saturated heterocycles. The van der Waals surface area contributed by atoms with Gasteiger partial charge in [0.05, 0.1) is 24.6 Å². The first kappa shape index (κ1) is 20.5. The van der Waals surface area contributed by atoms with E-state index in [4.69, 9.17) is 4.74 Å². The molecule has 0 saturated carbocycles. The molecule has 0 bridgehead atoms. The summed E-state index contributed by atoms with van der Waals surface area (Å²) in [4.78, 5) is 26.2. The number of carboxylic acid groups (broad SMARTS) is 1. The summed E-state index contributed by atoms with van der Waals surface area (Å²) in [5.41, 5.74) is 3.06. The number of rotatable bonds is 4. The molecule has 1 atom stereocenters. The second kappa shape index (κ2) is 7.80. The standard InChI is InChI=1S/C23H28N2O5/c1-13(2)18-8-14-9-20(24-6-4-15(26)5-7-24)22(30-3)10-16(14)19-11-21(27)17(23(28)29)12-25(18)19/h9-13,15,18,26H,4-8H2,1-3H3,(H,28,29). The molecule has 160 valence electrons. The number of fused-ring (bicyclic) bond motifs is 3. The molecule has 2 aliphatic heterocycles. The van der Waals surface area contributed by atoms with Crippen molar-refractivity contribution in [3.05, 3.63) is 45.7 Å². The molecule has 1 aromatic carbocycles. The molecule has 4 rings (SSSR count). The number of hydrogen-bond donors (Lipinski definition) is 2. The van der Waals surface area contributed by atoms with Crippen LogP contribution in [0.25, 0.3) is 11.3 Å². The Bertz CT molecular complexity index is 1030. The van der Waals surface area contributed by atoms with Crippen molar-refractivity contribution in [3.63, 3.8) is 0 Å². The number of aromatic nitrogens is 1. The normalized spacial score (nSPS) is 18.8. The molecule has 1 fully saturated rings. The fourth-order valence-corrected chi connectivity index (χ4v) is 4.62. The number of carbonyl (C=O) groups is 1. The summed E-state index contributed by atoms with van der Waals surface area (Å²) in [6, 6.07) is 5.58. The third-order valence-corrected chi connectivity index (χ3v) is 6.35. The molecule has 7 heteroatoms. The first-order chi connectivity index (χ1) is 14.3. The van der Waals surface area contributed by atoms with Crippen LogP contribution in [0.3, 0.4) is 0 Å². The SMILES string of the molecule is COc1cc2c(cc1N1CCC(O)CC1)CC(C(C)C)n1cc(C(=O)O)c(=O)cc1-2. The number of aliphatic hydroxyl groups is 1. The molecule has 1 unspecified atom stereocenters. The lowest BCUT2D eigenvalue weighted by molar-refractivity contribution is 0.0694. The molecule has 2 aliphatic rings. The summed E-state index contributed by atoms with van der Waals surface area (Å²) >= 11 is 0. The maximum absolute atomic E-state index is 12.5. The predicted octanol–water partition coefficient (Wildman–Crippen LogP) is 2.94. The number of carboxylic acids is 1. The van der Waals surface area contributed by atoms with Crippen molar-refractivity contribution in [2.24, 2.45) is 5.92 Å². The van der Waals surface area contributed by atoms with Gasteiger partial charge in [0.15, 0.2) is 5.43 Å².